The minimum atomic E-state index is -0.0720. The lowest BCUT2D eigenvalue weighted by Gasteiger charge is -2.16. The Balaban J connectivity index is 1.64. The Morgan fingerprint density at radius 2 is 1.82 bits per heavy atom. The number of aryl methyl sites for hydroxylation is 1. The van der Waals surface area contributed by atoms with E-state index in [1.807, 2.05) is 35.6 Å². The zero-order chi connectivity index (χ0) is 27.0. The zero-order valence-electron chi connectivity index (χ0n) is 20.9. The Labute approximate surface area is 228 Å². The zero-order valence-corrected chi connectivity index (χ0v) is 22.4. The highest BCUT2D eigenvalue weighted by Gasteiger charge is 2.22. The van der Waals surface area contributed by atoms with Crippen molar-refractivity contribution >= 4 is 57.3 Å². The summed E-state index contributed by atoms with van der Waals surface area (Å²) in [5.41, 5.74) is 5.03. The highest BCUT2D eigenvalue weighted by atomic mass is 35.5. The molecule has 0 bridgehead atoms. The van der Waals surface area contributed by atoms with E-state index in [0.717, 1.165) is 22.2 Å². The standard InChI is InChI=1S/C28H23Cl2N5O3/c1-5-18(36)11-16-10-15(2)6-7-20(16)33-28-32-14-17-12-19(27-31-8-9-35(27)26(17)34-28)23-24(29)21(37-3)13-22(38-4)25(23)30/h5-10,12-14H,1,11H2,2-4H3,(H,32,33,34). The molecule has 0 aliphatic heterocycles. The van der Waals surface area contributed by atoms with E-state index in [2.05, 4.69) is 21.9 Å². The van der Waals surface area contributed by atoms with E-state index in [9.17, 15) is 4.79 Å². The third-order valence-corrected chi connectivity index (χ3v) is 6.90. The Morgan fingerprint density at radius 1 is 1.08 bits per heavy atom. The van der Waals surface area contributed by atoms with Crippen LogP contribution in [0, 0.1) is 6.92 Å². The molecule has 3 heterocycles. The van der Waals surface area contributed by atoms with Crippen molar-refractivity contribution in [3.05, 3.63) is 82.7 Å². The Morgan fingerprint density at radius 3 is 2.50 bits per heavy atom. The summed E-state index contributed by atoms with van der Waals surface area (Å²) in [7, 11) is 3.05. The number of ketones is 1. The number of allylic oxidation sites excluding steroid dienone is 1. The highest BCUT2D eigenvalue weighted by Crippen LogP contribution is 2.47. The minimum absolute atomic E-state index is 0.0720. The summed E-state index contributed by atoms with van der Waals surface area (Å²) in [5.74, 6) is 1.15. The maximum atomic E-state index is 12.0. The second-order valence-corrected chi connectivity index (χ2v) is 9.32. The molecule has 0 saturated heterocycles. The Bertz CT molecular complexity index is 1700. The summed E-state index contributed by atoms with van der Waals surface area (Å²) in [6.45, 7) is 5.55. The Hall–Kier alpha value is -4.14. The average Bonchev–Trinajstić information content (AvgIpc) is 3.41. The molecular weight excluding hydrogens is 525 g/mol. The Kier molecular flexibility index (Phi) is 6.93. The highest BCUT2D eigenvalue weighted by molar-refractivity contribution is 6.41. The van der Waals surface area contributed by atoms with Gasteiger partial charge in [-0.05, 0) is 30.7 Å². The molecule has 0 unspecified atom stereocenters. The summed E-state index contributed by atoms with van der Waals surface area (Å²) in [6.07, 6.45) is 6.72. The third kappa shape index (κ3) is 4.53. The molecule has 0 amide bonds. The number of methoxy groups -OCH3 is 2. The normalized spacial score (nSPS) is 11.1. The number of halogens is 2. The number of imidazole rings is 1. The third-order valence-electron chi connectivity index (χ3n) is 6.15. The number of pyridine rings is 1. The van der Waals surface area contributed by atoms with Crippen LogP contribution in [0.4, 0.5) is 11.6 Å². The van der Waals surface area contributed by atoms with Gasteiger partial charge in [-0.1, -0.05) is 47.5 Å². The maximum absolute atomic E-state index is 12.0. The maximum Gasteiger partial charge on any atom is 0.229 e. The molecule has 5 rings (SSSR count). The molecule has 0 radical (unpaired) electrons. The van der Waals surface area contributed by atoms with Gasteiger partial charge in [0.15, 0.2) is 11.4 Å². The minimum Gasteiger partial charge on any atom is -0.495 e. The summed E-state index contributed by atoms with van der Waals surface area (Å²) < 4.78 is 12.7. The van der Waals surface area contributed by atoms with Gasteiger partial charge < -0.3 is 14.8 Å². The summed E-state index contributed by atoms with van der Waals surface area (Å²) in [6, 6.07) is 9.35. The van der Waals surface area contributed by atoms with E-state index < -0.39 is 0 Å². The number of carbonyl (C=O) groups is 1. The van der Waals surface area contributed by atoms with Crippen LogP contribution < -0.4 is 14.8 Å². The van der Waals surface area contributed by atoms with Crippen molar-refractivity contribution in [1.82, 2.24) is 19.4 Å². The fourth-order valence-corrected chi connectivity index (χ4v) is 5.01. The first kappa shape index (κ1) is 25.5. The van der Waals surface area contributed by atoms with E-state index >= 15 is 0 Å². The van der Waals surface area contributed by atoms with Crippen LogP contribution in [-0.4, -0.2) is 39.4 Å². The number of ether oxygens (including phenoxy) is 2. The van der Waals surface area contributed by atoms with Crippen molar-refractivity contribution in [2.75, 3.05) is 19.5 Å². The first-order valence-electron chi connectivity index (χ1n) is 11.6. The van der Waals surface area contributed by atoms with Crippen LogP contribution in [-0.2, 0) is 11.2 Å². The second-order valence-electron chi connectivity index (χ2n) is 8.57. The predicted octanol–water partition coefficient (Wildman–Crippen LogP) is 6.62. The molecule has 3 aromatic heterocycles. The number of fused-ring (bicyclic) bond motifs is 3. The fraction of sp³-hybridized carbons (Fsp3) is 0.143. The summed E-state index contributed by atoms with van der Waals surface area (Å²) in [4.78, 5) is 25.9. The number of aromatic nitrogens is 4. The quantitative estimate of drug-likeness (QED) is 0.218. The molecule has 192 valence electrons. The largest absolute Gasteiger partial charge is 0.495 e. The number of benzene rings is 2. The molecule has 0 saturated carbocycles. The lowest BCUT2D eigenvalue weighted by Crippen LogP contribution is -2.05. The van der Waals surface area contributed by atoms with Crippen molar-refractivity contribution in [3.8, 4) is 22.6 Å². The number of nitrogens with one attached hydrogen (secondary N) is 1. The van der Waals surface area contributed by atoms with Crippen molar-refractivity contribution in [2.45, 2.75) is 13.3 Å². The number of nitrogens with zero attached hydrogens (tertiary/aromatic N) is 4. The van der Waals surface area contributed by atoms with E-state index in [-0.39, 0.29) is 12.2 Å². The van der Waals surface area contributed by atoms with Gasteiger partial charge in [-0.3, -0.25) is 9.20 Å². The number of hydrogen-bond acceptors (Lipinski definition) is 7. The van der Waals surface area contributed by atoms with Gasteiger partial charge in [0.2, 0.25) is 5.95 Å². The predicted molar refractivity (Wildman–Crippen MR) is 150 cm³/mol. The average molecular weight is 548 g/mol. The molecule has 38 heavy (non-hydrogen) atoms. The van der Waals surface area contributed by atoms with Gasteiger partial charge in [0.25, 0.3) is 0 Å². The van der Waals surface area contributed by atoms with Crippen LogP contribution in [0.1, 0.15) is 11.1 Å². The first-order valence-corrected chi connectivity index (χ1v) is 12.3. The molecule has 2 aromatic carbocycles. The monoisotopic (exact) mass is 547 g/mol. The molecule has 5 aromatic rings. The van der Waals surface area contributed by atoms with Gasteiger partial charge in [0.05, 0.1) is 24.3 Å². The number of carbonyl (C=O) groups excluding carboxylic acids is 1. The number of rotatable bonds is 8. The van der Waals surface area contributed by atoms with Gasteiger partial charge in [-0.15, -0.1) is 0 Å². The van der Waals surface area contributed by atoms with Crippen molar-refractivity contribution < 1.29 is 14.3 Å². The van der Waals surface area contributed by atoms with Crippen molar-refractivity contribution in [1.29, 1.82) is 0 Å². The molecule has 0 spiro atoms. The molecule has 8 nitrogen and oxygen atoms in total. The van der Waals surface area contributed by atoms with Crippen molar-refractivity contribution in [2.24, 2.45) is 0 Å². The van der Waals surface area contributed by atoms with E-state index in [4.69, 9.17) is 37.7 Å². The molecular formula is C28H23Cl2N5O3. The molecule has 0 aliphatic carbocycles. The molecule has 1 N–H and O–H groups in total. The number of hydrogen-bond donors (Lipinski definition) is 1. The van der Waals surface area contributed by atoms with Crippen molar-refractivity contribution in [3.63, 3.8) is 0 Å². The lowest BCUT2D eigenvalue weighted by molar-refractivity contribution is -0.114. The topological polar surface area (TPSA) is 90.6 Å². The molecule has 10 heteroatoms. The first-order chi connectivity index (χ1) is 18.3. The van der Waals surface area contributed by atoms with Gasteiger partial charge in [0, 0.05) is 53.3 Å². The van der Waals surface area contributed by atoms with E-state index in [1.54, 1.807) is 24.7 Å². The summed E-state index contributed by atoms with van der Waals surface area (Å²) in [5, 5.41) is 4.66. The van der Waals surface area contributed by atoms with E-state index in [0.29, 0.717) is 49.9 Å². The number of anilines is 2. The van der Waals surface area contributed by atoms with Gasteiger partial charge in [-0.2, -0.15) is 4.98 Å². The smallest absolute Gasteiger partial charge is 0.229 e. The van der Waals surface area contributed by atoms with Crippen LogP contribution in [0.5, 0.6) is 11.5 Å². The molecule has 0 atom stereocenters. The lowest BCUT2D eigenvalue weighted by atomic mass is 10.0. The van der Waals surface area contributed by atoms with Crippen LogP contribution in [0.2, 0.25) is 10.0 Å². The van der Waals surface area contributed by atoms with E-state index in [1.165, 1.54) is 20.3 Å². The molecule has 0 fully saturated rings. The SMILES string of the molecule is C=CC(=O)Cc1cc(C)ccc1Nc1ncc2cc(-c3c(Cl)c(OC)cc(OC)c3Cl)c3nccn3c2n1. The van der Waals surface area contributed by atoms with Crippen LogP contribution in [0.25, 0.3) is 27.8 Å². The summed E-state index contributed by atoms with van der Waals surface area (Å²) >= 11 is 13.4. The van der Waals surface area contributed by atoms with Gasteiger partial charge in [0.1, 0.15) is 17.1 Å². The van der Waals surface area contributed by atoms with Gasteiger partial charge >= 0.3 is 0 Å². The van der Waals surface area contributed by atoms with Crippen LogP contribution >= 0.6 is 23.2 Å². The fourth-order valence-electron chi connectivity index (χ4n) is 4.31. The van der Waals surface area contributed by atoms with Crippen LogP contribution in [0.15, 0.2) is 61.6 Å². The van der Waals surface area contributed by atoms with Gasteiger partial charge in [-0.25, -0.2) is 9.97 Å². The van der Waals surface area contributed by atoms with Crippen LogP contribution in [0.3, 0.4) is 0 Å². The second kappa shape index (κ2) is 10.3. The molecule has 0 aliphatic rings.